The largest absolute Gasteiger partial charge is 0.463 e. The first-order valence-electron chi connectivity index (χ1n) is 13.5. The number of benzene rings is 1. The van der Waals surface area contributed by atoms with E-state index in [9.17, 15) is 14.4 Å². The van der Waals surface area contributed by atoms with Crippen molar-refractivity contribution in [3.63, 3.8) is 0 Å². The topological polar surface area (TPSA) is 114 Å². The van der Waals surface area contributed by atoms with Gasteiger partial charge in [-0.05, 0) is 43.6 Å². The van der Waals surface area contributed by atoms with Crippen molar-refractivity contribution in [3.05, 3.63) is 61.2 Å². The normalized spacial score (nSPS) is 13.3. The van der Waals surface area contributed by atoms with Crippen molar-refractivity contribution < 1.29 is 29.0 Å². The summed E-state index contributed by atoms with van der Waals surface area (Å²) in [6.07, 6.45) is 6.77. The van der Waals surface area contributed by atoms with Crippen LogP contribution in [0.3, 0.4) is 0 Å². The molecule has 0 aliphatic rings. The summed E-state index contributed by atoms with van der Waals surface area (Å²) < 4.78 is 10.9. The van der Waals surface area contributed by atoms with E-state index in [4.69, 9.17) is 14.6 Å². The molecule has 0 aliphatic heterocycles. The van der Waals surface area contributed by atoms with E-state index in [1.54, 1.807) is 6.08 Å². The molecular weight excluding hydrogens is 484 g/mol. The third-order valence-corrected chi connectivity index (χ3v) is 6.21. The Morgan fingerprint density at radius 2 is 1.79 bits per heavy atom. The van der Waals surface area contributed by atoms with Gasteiger partial charge >= 0.3 is 5.97 Å². The summed E-state index contributed by atoms with van der Waals surface area (Å²) in [5.41, 5.74) is 1.08. The minimum atomic E-state index is -0.590. The summed E-state index contributed by atoms with van der Waals surface area (Å²) in [7, 11) is 0. The predicted octanol–water partition coefficient (Wildman–Crippen LogP) is 3.59. The lowest BCUT2D eigenvalue weighted by molar-refractivity contribution is -0.150. The van der Waals surface area contributed by atoms with Gasteiger partial charge in [0.1, 0.15) is 6.61 Å². The molecule has 0 unspecified atom stereocenters. The number of amides is 2. The maximum absolute atomic E-state index is 13.1. The standard InChI is InChI=1S/C30H46N2O6/c1-5-7-9-15-26(20-24-13-10-8-11-14-24)30(36)38-22-27(23(3)4)32-29(35)25(12-6-2)21-28(34)31-16-18-37-19-17-33/h5-6,8,10-11,13-14,23,25-27,33H,1-2,7,9,12,15-22H2,3-4H3,(H,31,34)(H,32,35)/t25-,26+,27+/m0/s1. The number of ether oxygens (including phenoxy) is 2. The van der Waals surface area contributed by atoms with Gasteiger partial charge in [-0.15, -0.1) is 13.2 Å². The molecule has 0 radical (unpaired) electrons. The molecule has 0 saturated carbocycles. The fourth-order valence-corrected chi connectivity index (χ4v) is 3.91. The van der Waals surface area contributed by atoms with Gasteiger partial charge in [-0.2, -0.15) is 0 Å². The number of unbranched alkanes of at least 4 members (excludes halogenated alkanes) is 1. The molecule has 0 fully saturated rings. The number of esters is 1. The zero-order valence-electron chi connectivity index (χ0n) is 23.0. The van der Waals surface area contributed by atoms with Crippen LogP contribution in [0.15, 0.2) is 55.6 Å². The quantitative estimate of drug-likeness (QED) is 0.127. The molecule has 38 heavy (non-hydrogen) atoms. The van der Waals surface area contributed by atoms with Gasteiger partial charge in [0.25, 0.3) is 0 Å². The summed E-state index contributed by atoms with van der Waals surface area (Å²) in [6, 6.07) is 9.47. The van der Waals surface area contributed by atoms with Gasteiger partial charge in [0, 0.05) is 13.0 Å². The Bertz CT molecular complexity index is 842. The SMILES string of the molecule is C=CCCC[C@H](Cc1ccccc1)C(=O)OC[C@@H](NC(=O)[C@@H](CC=C)CC(=O)NCCOCCO)C(C)C. The van der Waals surface area contributed by atoms with Crippen LogP contribution >= 0.6 is 0 Å². The van der Waals surface area contributed by atoms with Crippen LogP contribution < -0.4 is 10.6 Å². The Labute approximate surface area is 227 Å². The molecule has 1 aromatic carbocycles. The molecular formula is C30H46N2O6. The highest BCUT2D eigenvalue weighted by molar-refractivity contribution is 5.86. The number of allylic oxidation sites excluding steroid dienone is 2. The number of aliphatic hydroxyl groups excluding tert-OH is 1. The van der Waals surface area contributed by atoms with Gasteiger partial charge in [0.15, 0.2) is 0 Å². The summed E-state index contributed by atoms with van der Waals surface area (Å²) >= 11 is 0. The number of hydrogen-bond acceptors (Lipinski definition) is 6. The molecule has 0 bridgehead atoms. The predicted molar refractivity (Wildman–Crippen MR) is 149 cm³/mol. The molecule has 0 spiro atoms. The molecule has 212 valence electrons. The molecule has 0 saturated heterocycles. The van der Waals surface area contributed by atoms with E-state index in [1.807, 2.05) is 50.3 Å². The lowest BCUT2D eigenvalue weighted by Crippen LogP contribution is -2.46. The molecule has 3 N–H and O–H groups in total. The minimum Gasteiger partial charge on any atom is -0.463 e. The highest BCUT2D eigenvalue weighted by Crippen LogP contribution is 2.18. The van der Waals surface area contributed by atoms with E-state index in [0.29, 0.717) is 25.8 Å². The fourth-order valence-electron chi connectivity index (χ4n) is 3.91. The van der Waals surface area contributed by atoms with Gasteiger partial charge in [-0.1, -0.05) is 56.3 Å². The van der Waals surface area contributed by atoms with Crippen molar-refractivity contribution in [2.75, 3.05) is 33.0 Å². The van der Waals surface area contributed by atoms with Crippen LogP contribution in [0, 0.1) is 17.8 Å². The summed E-state index contributed by atoms with van der Waals surface area (Å²) in [5, 5.41) is 14.4. The van der Waals surface area contributed by atoms with Crippen molar-refractivity contribution in [1.29, 1.82) is 0 Å². The zero-order chi connectivity index (χ0) is 28.2. The number of aliphatic hydroxyl groups is 1. The first-order valence-corrected chi connectivity index (χ1v) is 13.5. The van der Waals surface area contributed by atoms with Crippen molar-refractivity contribution in [2.45, 2.75) is 58.4 Å². The van der Waals surface area contributed by atoms with Crippen LogP contribution in [0.4, 0.5) is 0 Å². The van der Waals surface area contributed by atoms with Gasteiger partial charge in [0.2, 0.25) is 11.8 Å². The average Bonchev–Trinajstić information content (AvgIpc) is 2.90. The smallest absolute Gasteiger partial charge is 0.309 e. The maximum atomic E-state index is 13.1. The molecule has 8 heteroatoms. The molecule has 3 atom stereocenters. The second kappa shape index (κ2) is 20.1. The fraction of sp³-hybridized carbons (Fsp3) is 0.567. The third kappa shape index (κ3) is 14.1. The second-order valence-corrected chi connectivity index (χ2v) is 9.71. The van der Waals surface area contributed by atoms with Crippen molar-refractivity contribution in [1.82, 2.24) is 10.6 Å². The van der Waals surface area contributed by atoms with Crippen molar-refractivity contribution in [3.8, 4) is 0 Å². The van der Waals surface area contributed by atoms with Crippen LogP contribution in [0.2, 0.25) is 0 Å². The van der Waals surface area contributed by atoms with E-state index in [0.717, 1.165) is 18.4 Å². The Kier molecular flexibility index (Phi) is 17.4. The Morgan fingerprint density at radius 3 is 2.42 bits per heavy atom. The second-order valence-electron chi connectivity index (χ2n) is 9.71. The minimum absolute atomic E-state index is 0.00487. The number of rotatable bonds is 21. The zero-order valence-corrected chi connectivity index (χ0v) is 23.0. The Morgan fingerprint density at radius 1 is 1.05 bits per heavy atom. The summed E-state index contributed by atoms with van der Waals surface area (Å²) in [5.74, 6) is -1.68. The van der Waals surface area contributed by atoms with Crippen LogP contribution in [0.25, 0.3) is 0 Å². The highest BCUT2D eigenvalue weighted by atomic mass is 16.5. The molecule has 0 heterocycles. The summed E-state index contributed by atoms with van der Waals surface area (Å²) in [6.45, 7) is 12.1. The number of carbonyl (C=O) groups is 3. The lowest BCUT2D eigenvalue weighted by Gasteiger charge is -2.26. The maximum Gasteiger partial charge on any atom is 0.309 e. The van der Waals surface area contributed by atoms with Gasteiger partial charge in [-0.3, -0.25) is 14.4 Å². The van der Waals surface area contributed by atoms with E-state index >= 15 is 0 Å². The number of carbonyl (C=O) groups excluding carboxylic acids is 3. The Hall–Kier alpha value is -2.97. The molecule has 0 aliphatic carbocycles. The van der Waals surface area contributed by atoms with E-state index in [1.165, 1.54) is 0 Å². The van der Waals surface area contributed by atoms with Crippen molar-refractivity contribution >= 4 is 17.8 Å². The molecule has 0 aromatic heterocycles. The number of hydrogen-bond donors (Lipinski definition) is 3. The van der Waals surface area contributed by atoms with Crippen LogP contribution in [-0.4, -0.2) is 61.9 Å². The van der Waals surface area contributed by atoms with Crippen molar-refractivity contribution in [2.24, 2.45) is 17.8 Å². The monoisotopic (exact) mass is 530 g/mol. The number of nitrogens with one attached hydrogen (secondary N) is 2. The molecule has 2 amide bonds. The lowest BCUT2D eigenvalue weighted by atomic mass is 9.94. The molecule has 8 nitrogen and oxygen atoms in total. The average molecular weight is 531 g/mol. The van der Waals surface area contributed by atoms with Gasteiger partial charge in [-0.25, -0.2) is 0 Å². The molecule has 1 aromatic rings. The summed E-state index contributed by atoms with van der Waals surface area (Å²) in [4.78, 5) is 38.4. The van der Waals surface area contributed by atoms with E-state index in [2.05, 4.69) is 23.8 Å². The third-order valence-electron chi connectivity index (χ3n) is 6.21. The molecule has 1 rings (SSSR count). The Balaban J connectivity index is 2.71. The van der Waals surface area contributed by atoms with Gasteiger partial charge < -0.3 is 25.2 Å². The van der Waals surface area contributed by atoms with Crippen LogP contribution in [-0.2, 0) is 30.3 Å². The van der Waals surface area contributed by atoms with E-state index in [-0.39, 0.29) is 68.5 Å². The van der Waals surface area contributed by atoms with E-state index < -0.39 is 5.92 Å². The van der Waals surface area contributed by atoms with Crippen LogP contribution in [0.1, 0.15) is 51.5 Å². The van der Waals surface area contributed by atoms with Crippen LogP contribution in [0.5, 0.6) is 0 Å². The first kappa shape index (κ1) is 33.1. The highest BCUT2D eigenvalue weighted by Gasteiger charge is 2.27. The first-order chi connectivity index (χ1) is 18.3. The van der Waals surface area contributed by atoms with Gasteiger partial charge in [0.05, 0.1) is 37.7 Å².